The molecule has 2 bridgehead atoms. The minimum absolute atomic E-state index is 0.00399. The number of nitrogens with zero attached hydrogens (tertiary/aromatic N) is 5. The molecule has 4 fully saturated rings. The van der Waals surface area contributed by atoms with Gasteiger partial charge in [-0.1, -0.05) is 0 Å². The van der Waals surface area contributed by atoms with E-state index < -0.39 is 52.0 Å². The minimum Gasteiger partial charge on any atom is -0.461 e. The van der Waals surface area contributed by atoms with E-state index in [2.05, 4.69) is 25.5 Å². The van der Waals surface area contributed by atoms with Crippen LogP contribution < -0.4 is 15.0 Å². The van der Waals surface area contributed by atoms with E-state index in [0.29, 0.717) is 47.8 Å². The van der Waals surface area contributed by atoms with Gasteiger partial charge in [0.05, 0.1) is 28.4 Å². The van der Waals surface area contributed by atoms with Crippen LogP contribution in [0.25, 0.3) is 32.9 Å². The number of alkyl halides is 4. The van der Waals surface area contributed by atoms with E-state index in [1.807, 2.05) is 4.90 Å². The Bertz CT molecular complexity index is 2010. The van der Waals surface area contributed by atoms with Gasteiger partial charge in [-0.3, -0.25) is 10.00 Å². The summed E-state index contributed by atoms with van der Waals surface area (Å²) in [4.78, 5) is 12.6. The van der Waals surface area contributed by atoms with E-state index in [4.69, 9.17) is 4.74 Å². The first-order valence-electron chi connectivity index (χ1n) is 16.4. The SMILES string of the molecule is Cc1cc2[nH]ncc2c(-c2c(C(F)(F)F)cc3c(N4C[C@H]5CC[C@@](C=C(F)F)(C4)N5)nc(OCC45CCCN4C[C@H](F)C5)nc3c2F)c1C. The first kappa shape index (κ1) is 32.2. The Balaban J connectivity index is 1.34. The van der Waals surface area contributed by atoms with Crippen LogP contribution in [0.5, 0.6) is 6.01 Å². The molecule has 0 radical (unpaired) electrons. The van der Waals surface area contributed by atoms with Crippen LogP contribution in [0, 0.1) is 19.7 Å². The maximum atomic E-state index is 17.2. The molecule has 6 heterocycles. The van der Waals surface area contributed by atoms with Gasteiger partial charge in [0.1, 0.15) is 24.1 Å². The number of aryl methyl sites for hydroxylation is 1. The standard InChI is InChI=1S/C34H34F7N7O/c1-17-8-24-22(12-42-46-24)26(18(17)2)27-23(34(39,40)41)9-21-29(28(27)38)43-31(49-16-33-5-3-7-48(33)13-19(35)10-33)44-30(21)47-14-20-4-6-32(15-47,45-20)11-25(36)37/h8-9,11-12,19-20,45H,3-7,10,13-16H2,1-2H3,(H,42,46)/t19-,20-,32-,33?/m1/s1. The number of aromatic amines is 1. The molecular weight excluding hydrogens is 655 g/mol. The van der Waals surface area contributed by atoms with Gasteiger partial charge in [-0.25, -0.2) is 8.78 Å². The van der Waals surface area contributed by atoms with Crippen molar-refractivity contribution < 1.29 is 35.5 Å². The van der Waals surface area contributed by atoms with E-state index in [1.54, 1.807) is 24.8 Å². The molecule has 4 saturated heterocycles. The van der Waals surface area contributed by atoms with Gasteiger partial charge >= 0.3 is 12.2 Å². The Labute approximate surface area is 276 Å². The smallest absolute Gasteiger partial charge is 0.417 e. The highest BCUT2D eigenvalue weighted by atomic mass is 19.4. The topological polar surface area (TPSA) is 82.2 Å². The molecule has 8 nitrogen and oxygen atoms in total. The van der Waals surface area contributed by atoms with Gasteiger partial charge in [0, 0.05) is 54.5 Å². The summed E-state index contributed by atoms with van der Waals surface area (Å²) in [6.07, 6.45) is -3.03. The van der Waals surface area contributed by atoms with Crippen molar-refractivity contribution in [3.05, 3.63) is 53.0 Å². The molecule has 0 saturated carbocycles. The number of fused-ring (bicyclic) bond motifs is 5. The second kappa shape index (κ2) is 11.3. The van der Waals surface area contributed by atoms with E-state index >= 15 is 17.6 Å². The summed E-state index contributed by atoms with van der Waals surface area (Å²) in [5.74, 6) is -1.27. The van der Waals surface area contributed by atoms with Crippen LogP contribution in [0.2, 0.25) is 0 Å². The number of hydrogen-bond acceptors (Lipinski definition) is 7. The van der Waals surface area contributed by atoms with E-state index in [0.717, 1.165) is 18.6 Å². The lowest BCUT2D eigenvalue weighted by Crippen LogP contribution is -2.59. The number of H-pyrrole nitrogens is 1. The molecule has 4 aliphatic heterocycles. The van der Waals surface area contributed by atoms with Gasteiger partial charge in [-0.15, -0.1) is 0 Å². The van der Waals surface area contributed by atoms with Crippen molar-refractivity contribution in [1.29, 1.82) is 0 Å². The normalized spacial score (nSPS) is 27.0. The van der Waals surface area contributed by atoms with Gasteiger partial charge in [-0.2, -0.15) is 37.0 Å². The first-order valence-corrected chi connectivity index (χ1v) is 16.4. The number of ether oxygens (including phenoxy) is 1. The van der Waals surface area contributed by atoms with E-state index in [9.17, 15) is 13.2 Å². The maximum Gasteiger partial charge on any atom is 0.417 e. The van der Waals surface area contributed by atoms with Gasteiger partial charge in [0.25, 0.3) is 6.08 Å². The molecule has 1 unspecified atom stereocenters. The third kappa shape index (κ3) is 5.31. The highest BCUT2D eigenvalue weighted by molar-refractivity contribution is 6.02. The molecule has 2 aromatic carbocycles. The molecular formula is C34H34F7N7O. The van der Waals surface area contributed by atoms with E-state index in [1.165, 1.54) is 6.20 Å². The summed E-state index contributed by atoms with van der Waals surface area (Å²) in [6.45, 7) is 4.50. The Morgan fingerprint density at radius 1 is 1.10 bits per heavy atom. The van der Waals surface area contributed by atoms with Crippen LogP contribution in [0.15, 0.2) is 30.5 Å². The van der Waals surface area contributed by atoms with Crippen molar-refractivity contribution >= 4 is 27.6 Å². The molecule has 2 N–H and O–H groups in total. The molecule has 49 heavy (non-hydrogen) atoms. The van der Waals surface area contributed by atoms with Crippen LogP contribution in [0.1, 0.15) is 48.8 Å². The van der Waals surface area contributed by atoms with Gasteiger partial charge in [-0.05, 0) is 74.9 Å². The predicted octanol–water partition coefficient (Wildman–Crippen LogP) is 6.99. The Hall–Kier alpha value is -3.98. The second-order valence-electron chi connectivity index (χ2n) is 14.1. The molecule has 8 rings (SSSR count). The quantitative estimate of drug-likeness (QED) is 0.211. The second-order valence-corrected chi connectivity index (χ2v) is 14.1. The Morgan fingerprint density at radius 3 is 2.69 bits per heavy atom. The summed E-state index contributed by atoms with van der Waals surface area (Å²) in [5.41, 5.74) is -2.53. The van der Waals surface area contributed by atoms with E-state index in [-0.39, 0.29) is 61.5 Å². The largest absolute Gasteiger partial charge is 0.461 e. The highest BCUT2D eigenvalue weighted by Gasteiger charge is 2.50. The zero-order valence-corrected chi connectivity index (χ0v) is 26.8. The number of hydrogen-bond donors (Lipinski definition) is 2. The number of benzene rings is 2. The number of halogens is 7. The third-order valence-corrected chi connectivity index (χ3v) is 11.0. The number of nitrogens with one attached hydrogen (secondary N) is 2. The maximum absolute atomic E-state index is 17.2. The van der Waals surface area contributed by atoms with Crippen molar-refractivity contribution in [2.24, 2.45) is 0 Å². The van der Waals surface area contributed by atoms with Crippen molar-refractivity contribution in [3.63, 3.8) is 0 Å². The van der Waals surface area contributed by atoms with Crippen molar-refractivity contribution in [2.45, 2.75) is 75.4 Å². The predicted molar refractivity (Wildman–Crippen MR) is 169 cm³/mol. The molecule has 0 aliphatic carbocycles. The van der Waals surface area contributed by atoms with Crippen LogP contribution in [0.4, 0.5) is 36.6 Å². The van der Waals surface area contributed by atoms with Crippen LogP contribution in [0.3, 0.4) is 0 Å². The lowest BCUT2D eigenvalue weighted by Gasteiger charge is -2.40. The lowest BCUT2D eigenvalue weighted by molar-refractivity contribution is -0.137. The Kier molecular flexibility index (Phi) is 7.42. The molecule has 2 aromatic heterocycles. The summed E-state index contributed by atoms with van der Waals surface area (Å²) < 4.78 is 110. The molecule has 4 aromatic rings. The average Bonchev–Trinajstić information content (AvgIpc) is 3.78. The van der Waals surface area contributed by atoms with Gasteiger partial charge < -0.3 is 15.0 Å². The van der Waals surface area contributed by atoms with Crippen molar-refractivity contribution in [2.75, 3.05) is 37.7 Å². The average molecular weight is 690 g/mol. The lowest BCUT2D eigenvalue weighted by atomic mass is 9.89. The summed E-state index contributed by atoms with van der Waals surface area (Å²) >= 11 is 0. The van der Waals surface area contributed by atoms with Crippen molar-refractivity contribution in [1.82, 2.24) is 30.4 Å². The summed E-state index contributed by atoms with van der Waals surface area (Å²) in [6, 6.07) is 2.04. The molecule has 15 heteroatoms. The van der Waals surface area contributed by atoms with Crippen molar-refractivity contribution in [3.8, 4) is 17.1 Å². The molecule has 260 valence electrons. The molecule has 4 atom stereocenters. The van der Waals surface area contributed by atoms with Gasteiger partial charge in [0.2, 0.25) is 0 Å². The highest BCUT2D eigenvalue weighted by Crippen LogP contribution is 2.47. The molecule has 4 aliphatic rings. The van der Waals surface area contributed by atoms with Gasteiger partial charge in [0.15, 0.2) is 5.82 Å². The van der Waals surface area contributed by atoms with Crippen LogP contribution in [-0.2, 0) is 6.18 Å². The zero-order valence-electron chi connectivity index (χ0n) is 26.8. The fraction of sp³-hybridized carbons (Fsp3) is 0.500. The molecule has 0 amide bonds. The number of anilines is 1. The third-order valence-electron chi connectivity index (χ3n) is 11.0. The zero-order chi connectivity index (χ0) is 34.5. The molecule has 0 spiro atoms. The monoisotopic (exact) mass is 689 g/mol. The number of rotatable bonds is 6. The number of piperazine rings is 1. The van der Waals surface area contributed by atoms with Crippen LogP contribution >= 0.6 is 0 Å². The van der Waals surface area contributed by atoms with Crippen LogP contribution in [-0.4, -0.2) is 81.1 Å². The first-order chi connectivity index (χ1) is 23.3. The summed E-state index contributed by atoms with van der Waals surface area (Å²) in [5, 5.41) is 10.1. The fourth-order valence-electron chi connectivity index (χ4n) is 8.71. The number of aromatic nitrogens is 4. The Morgan fingerprint density at radius 2 is 1.92 bits per heavy atom. The summed E-state index contributed by atoms with van der Waals surface area (Å²) in [7, 11) is 0. The fourth-order valence-corrected chi connectivity index (χ4v) is 8.71. The minimum atomic E-state index is -5.00.